The van der Waals surface area contributed by atoms with Crippen LogP contribution >= 0.6 is 0 Å². The van der Waals surface area contributed by atoms with Crippen molar-refractivity contribution >= 4 is 64.9 Å². The number of nitrogens with zero attached hydrogens (tertiary/aromatic N) is 4. The van der Waals surface area contributed by atoms with Crippen molar-refractivity contribution in [1.29, 1.82) is 0 Å². The molecule has 0 bridgehead atoms. The van der Waals surface area contributed by atoms with E-state index in [1.165, 1.54) is 54.1 Å². The van der Waals surface area contributed by atoms with Crippen molar-refractivity contribution in [2.75, 3.05) is 0 Å². The van der Waals surface area contributed by atoms with Crippen molar-refractivity contribution < 1.29 is 0 Å². The number of aromatic nitrogens is 4. The minimum atomic E-state index is 0.642. The smallest absolute Gasteiger partial charge is 0.164 e. The van der Waals surface area contributed by atoms with E-state index >= 15 is 0 Å². The molecule has 0 N–H and O–H groups in total. The van der Waals surface area contributed by atoms with Gasteiger partial charge in [0.25, 0.3) is 0 Å². The summed E-state index contributed by atoms with van der Waals surface area (Å²) in [5.41, 5.74) is 6.33. The number of rotatable bonds is 4. The highest BCUT2D eigenvalue weighted by molar-refractivity contribution is 6.18. The molecule has 0 spiro atoms. The van der Waals surface area contributed by atoms with E-state index in [4.69, 9.17) is 15.0 Å². The highest BCUT2D eigenvalue weighted by Crippen LogP contribution is 2.38. The number of hydrogen-bond acceptors (Lipinski definition) is 3. The summed E-state index contributed by atoms with van der Waals surface area (Å²) in [4.78, 5) is 15.5. The van der Waals surface area contributed by atoms with E-state index < -0.39 is 0 Å². The number of hydrogen-bond donors (Lipinski definition) is 0. The summed E-state index contributed by atoms with van der Waals surface area (Å²) in [5, 5.41) is 12.0. The van der Waals surface area contributed by atoms with Crippen LogP contribution < -0.4 is 0 Å². The summed E-state index contributed by atoms with van der Waals surface area (Å²) in [6.07, 6.45) is 0. The van der Waals surface area contributed by atoms with Gasteiger partial charge in [-0.25, -0.2) is 15.0 Å². The van der Waals surface area contributed by atoms with Crippen molar-refractivity contribution in [2.45, 2.75) is 0 Å². The fourth-order valence-electron chi connectivity index (χ4n) is 8.16. The number of para-hydroxylation sites is 2. The molecule has 0 fully saturated rings. The van der Waals surface area contributed by atoms with Gasteiger partial charge >= 0.3 is 0 Å². The van der Waals surface area contributed by atoms with Gasteiger partial charge in [-0.2, -0.15) is 0 Å². The van der Waals surface area contributed by atoms with Gasteiger partial charge in [0.15, 0.2) is 17.5 Å². The highest BCUT2D eigenvalue weighted by atomic mass is 15.0. The third-order valence-electron chi connectivity index (χ3n) is 10.6. The van der Waals surface area contributed by atoms with Crippen LogP contribution in [0, 0.1) is 0 Å². The summed E-state index contributed by atoms with van der Waals surface area (Å²) in [6, 6.07) is 64.5. The van der Waals surface area contributed by atoms with Crippen molar-refractivity contribution in [1.82, 2.24) is 19.5 Å². The molecule has 0 aliphatic heterocycles. The maximum absolute atomic E-state index is 5.25. The molecule has 53 heavy (non-hydrogen) atoms. The van der Waals surface area contributed by atoms with Crippen LogP contribution in [0.4, 0.5) is 0 Å². The minimum absolute atomic E-state index is 0.642. The summed E-state index contributed by atoms with van der Waals surface area (Å²) in [7, 11) is 0. The lowest BCUT2D eigenvalue weighted by molar-refractivity contribution is 1.08. The zero-order valence-electron chi connectivity index (χ0n) is 28.6. The third-order valence-corrected chi connectivity index (χ3v) is 10.6. The number of fused-ring (bicyclic) bond motifs is 9. The molecular formula is C49H30N4. The van der Waals surface area contributed by atoms with E-state index in [-0.39, 0.29) is 0 Å². The van der Waals surface area contributed by atoms with Crippen LogP contribution in [0.2, 0.25) is 0 Å². The maximum Gasteiger partial charge on any atom is 0.164 e. The monoisotopic (exact) mass is 674 g/mol. The standard InChI is InChI=1S/C49H30N4/c1-2-13-33(14-3-1)47-50-48(34-25-24-32-27-28-37-35-15-5-4-12-31(35)26-29-38(37)43(32)30-34)52-49(51-47)42-20-10-19-39-36(42)18-11-23-46(39)53-44-21-8-6-16-40(44)41-17-7-9-22-45(41)53/h1-30H. The highest BCUT2D eigenvalue weighted by Gasteiger charge is 2.18. The second-order valence-corrected chi connectivity index (χ2v) is 13.6. The van der Waals surface area contributed by atoms with Crippen molar-refractivity contribution in [3.8, 4) is 39.9 Å². The van der Waals surface area contributed by atoms with E-state index in [2.05, 4.69) is 168 Å². The fourth-order valence-corrected chi connectivity index (χ4v) is 8.16. The second-order valence-electron chi connectivity index (χ2n) is 13.6. The Morgan fingerprint density at radius 1 is 0.302 bits per heavy atom. The predicted molar refractivity (Wildman–Crippen MR) is 220 cm³/mol. The zero-order chi connectivity index (χ0) is 34.9. The van der Waals surface area contributed by atoms with Crippen LogP contribution in [0.3, 0.4) is 0 Å². The van der Waals surface area contributed by atoms with Gasteiger partial charge in [-0.1, -0.05) is 158 Å². The van der Waals surface area contributed by atoms with Crippen LogP contribution in [0.25, 0.3) is 105 Å². The van der Waals surface area contributed by atoms with E-state index in [1.54, 1.807) is 0 Å². The Hall–Kier alpha value is -7.17. The van der Waals surface area contributed by atoms with Gasteiger partial charge in [-0.15, -0.1) is 0 Å². The first-order valence-corrected chi connectivity index (χ1v) is 18.0. The topological polar surface area (TPSA) is 43.6 Å². The van der Waals surface area contributed by atoms with E-state index in [0.717, 1.165) is 33.2 Å². The molecule has 2 aromatic heterocycles. The quantitative estimate of drug-likeness (QED) is 0.175. The molecule has 0 atom stereocenters. The molecule has 11 aromatic rings. The Balaban J connectivity index is 1.14. The minimum Gasteiger partial charge on any atom is -0.309 e. The summed E-state index contributed by atoms with van der Waals surface area (Å²) < 4.78 is 2.38. The Kier molecular flexibility index (Phi) is 6.52. The molecule has 2 heterocycles. The van der Waals surface area contributed by atoms with Gasteiger partial charge in [0.1, 0.15) is 0 Å². The molecule has 0 unspecified atom stereocenters. The molecule has 11 rings (SSSR count). The maximum atomic E-state index is 5.25. The summed E-state index contributed by atoms with van der Waals surface area (Å²) in [5.74, 6) is 1.93. The molecule has 0 aliphatic carbocycles. The first-order valence-electron chi connectivity index (χ1n) is 18.0. The van der Waals surface area contributed by atoms with E-state index in [1.807, 2.05) is 18.2 Å². The normalized spacial score (nSPS) is 11.8. The average Bonchev–Trinajstić information content (AvgIpc) is 3.57. The molecule has 0 radical (unpaired) electrons. The van der Waals surface area contributed by atoms with Gasteiger partial charge in [0.05, 0.1) is 16.7 Å². The molecule has 4 nitrogen and oxygen atoms in total. The Labute approximate surface area is 305 Å². The Morgan fingerprint density at radius 2 is 0.849 bits per heavy atom. The lowest BCUT2D eigenvalue weighted by Gasteiger charge is -2.14. The van der Waals surface area contributed by atoms with Crippen LogP contribution in [-0.4, -0.2) is 19.5 Å². The molecule has 0 saturated heterocycles. The van der Waals surface area contributed by atoms with Crippen LogP contribution in [0.15, 0.2) is 182 Å². The van der Waals surface area contributed by atoms with Gasteiger partial charge in [-0.05, 0) is 62.0 Å². The van der Waals surface area contributed by atoms with Gasteiger partial charge in [0.2, 0.25) is 0 Å². The van der Waals surface area contributed by atoms with Gasteiger partial charge < -0.3 is 4.57 Å². The van der Waals surface area contributed by atoms with Gasteiger partial charge in [-0.3, -0.25) is 0 Å². The predicted octanol–water partition coefficient (Wildman–Crippen LogP) is 12.6. The Morgan fingerprint density at radius 3 is 1.62 bits per heavy atom. The largest absolute Gasteiger partial charge is 0.309 e. The van der Waals surface area contributed by atoms with Crippen molar-refractivity contribution in [3.63, 3.8) is 0 Å². The molecule has 0 aliphatic rings. The lowest BCUT2D eigenvalue weighted by atomic mass is 9.96. The molecule has 246 valence electrons. The lowest BCUT2D eigenvalue weighted by Crippen LogP contribution is -2.01. The third kappa shape index (κ3) is 4.66. The van der Waals surface area contributed by atoms with Crippen LogP contribution in [0.5, 0.6) is 0 Å². The van der Waals surface area contributed by atoms with E-state index in [9.17, 15) is 0 Å². The molecular weight excluding hydrogens is 645 g/mol. The van der Waals surface area contributed by atoms with Gasteiger partial charge in [0, 0.05) is 32.8 Å². The summed E-state index contributed by atoms with van der Waals surface area (Å²) >= 11 is 0. The first kappa shape index (κ1) is 29.5. The fraction of sp³-hybridized carbons (Fsp3) is 0. The first-order chi connectivity index (χ1) is 26.3. The molecule has 9 aromatic carbocycles. The van der Waals surface area contributed by atoms with Crippen molar-refractivity contribution in [3.05, 3.63) is 182 Å². The molecule has 0 amide bonds. The van der Waals surface area contributed by atoms with Crippen LogP contribution in [-0.2, 0) is 0 Å². The van der Waals surface area contributed by atoms with E-state index in [0.29, 0.717) is 17.5 Å². The SMILES string of the molecule is c1ccc(-c2nc(-c3ccc4ccc5c6ccccc6ccc5c4c3)nc(-c3cccc4c(-n5c6ccccc6c6ccccc65)cccc34)n2)cc1. The van der Waals surface area contributed by atoms with Crippen molar-refractivity contribution in [2.24, 2.45) is 0 Å². The molecule has 0 saturated carbocycles. The average molecular weight is 675 g/mol. The summed E-state index contributed by atoms with van der Waals surface area (Å²) in [6.45, 7) is 0. The number of benzene rings is 9. The zero-order valence-corrected chi connectivity index (χ0v) is 28.6. The van der Waals surface area contributed by atoms with Crippen LogP contribution in [0.1, 0.15) is 0 Å². The second kappa shape index (κ2) is 11.7. The Bertz CT molecular complexity index is 3180. The molecule has 4 heteroatoms.